The van der Waals surface area contributed by atoms with E-state index >= 15 is 0 Å². The minimum atomic E-state index is -0.656. The molecule has 0 aliphatic carbocycles. The molecule has 0 aliphatic rings. The van der Waals surface area contributed by atoms with E-state index in [1.54, 1.807) is 19.0 Å². The standard InChI is InChI=1S/C10H9ClFN3O2/c1-14(2)9-13-15(10(16)17-9)6-3-4-8(12)7(11)5-6/h3-5H,1-2H3. The highest BCUT2D eigenvalue weighted by Gasteiger charge is 2.12. The van der Waals surface area contributed by atoms with E-state index < -0.39 is 11.6 Å². The molecule has 0 N–H and O–H groups in total. The fraction of sp³-hybridized carbons (Fsp3) is 0.200. The molecule has 0 saturated heterocycles. The number of benzene rings is 1. The lowest BCUT2D eigenvalue weighted by atomic mass is 10.3. The normalized spacial score (nSPS) is 10.6. The molecule has 2 rings (SSSR count). The Bertz CT molecular complexity index is 606. The van der Waals surface area contributed by atoms with Gasteiger partial charge in [-0.25, -0.2) is 9.18 Å². The molecule has 0 radical (unpaired) electrons. The van der Waals surface area contributed by atoms with E-state index in [2.05, 4.69) is 5.10 Å². The minimum absolute atomic E-state index is 0.0798. The second-order valence-electron chi connectivity index (χ2n) is 3.56. The van der Waals surface area contributed by atoms with Crippen LogP contribution in [0.15, 0.2) is 27.4 Å². The third-order valence-corrected chi connectivity index (χ3v) is 2.36. The van der Waals surface area contributed by atoms with Crippen LogP contribution in [0.2, 0.25) is 5.02 Å². The molecule has 1 aromatic heterocycles. The topological polar surface area (TPSA) is 51.3 Å². The number of hydrogen-bond donors (Lipinski definition) is 0. The molecule has 0 spiro atoms. The molecule has 0 saturated carbocycles. The molecule has 0 aliphatic heterocycles. The van der Waals surface area contributed by atoms with Crippen molar-refractivity contribution in [3.63, 3.8) is 0 Å². The first-order valence-electron chi connectivity index (χ1n) is 4.72. The summed E-state index contributed by atoms with van der Waals surface area (Å²) in [5.41, 5.74) is 0.346. The van der Waals surface area contributed by atoms with Gasteiger partial charge in [0.2, 0.25) is 0 Å². The Balaban J connectivity index is 2.53. The number of anilines is 1. The summed E-state index contributed by atoms with van der Waals surface area (Å²) >= 11 is 5.63. The summed E-state index contributed by atoms with van der Waals surface area (Å²) in [5.74, 6) is -1.21. The van der Waals surface area contributed by atoms with Gasteiger partial charge in [0.1, 0.15) is 5.82 Å². The maximum atomic E-state index is 13.0. The Kier molecular flexibility index (Phi) is 2.89. The van der Waals surface area contributed by atoms with E-state index in [9.17, 15) is 9.18 Å². The van der Waals surface area contributed by atoms with Crippen molar-refractivity contribution in [2.24, 2.45) is 0 Å². The van der Waals surface area contributed by atoms with Gasteiger partial charge in [-0.2, -0.15) is 4.68 Å². The Labute approximate surface area is 101 Å². The number of nitrogens with zero attached hydrogens (tertiary/aromatic N) is 3. The van der Waals surface area contributed by atoms with E-state index in [1.807, 2.05) is 0 Å². The third-order valence-electron chi connectivity index (χ3n) is 2.07. The molecule has 0 fully saturated rings. The molecule has 0 amide bonds. The van der Waals surface area contributed by atoms with Gasteiger partial charge >= 0.3 is 11.8 Å². The van der Waals surface area contributed by atoms with Crippen LogP contribution in [0.4, 0.5) is 10.4 Å². The van der Waals surface area contributed by atoms with Gasteiger partial charge in [-0.3, -0.25) is 0 Å². The third kappa shape index (κ3) is 2.16. The van der Waals surface area contributed by atoms with Crippen LogP contribution >= 0.6 is 11.6 Å². The molecular formula is C10H9ClFN3O2. The minimum Gasteiger partial charge on any atom is -0.373 e. The Hall–Kier alpha value is -1.82. The molecule has 2 aromatic rings. The van der Waals surface area contributed by atoms with Crippen LogP contribution in [0.25, 0.3) is 5.69 Å². The molecule has 5 nitrogen and oxygen atoms in total. The van der Waals surface area contributed by atoms with Crippen LogP contribution in [0.5, 0.6) is 0 Å². The monoisotopic (exact) mass is 257 g/mol. The van der Waals surface area contributed by atoms with E-state index in [1.165, 1.54) is 12.1 Å². The summed E-state index contributed by atoms with van der Waals surface area (Å²) < 4.78 is 18.9. The highest BCUT2D eigenvalue weighted by molar-refractivity contribution is 6.30. The van der Waals surface area contributed by atoms with Crippen molar-refractivity contribution >= 4 is 17.6 Å². The zero-order valence-corrected chi connectivity index (χ0v) is 9.90. The van der Waals surface area contributed by atoms with E-state index in [4.69, 9.17) is 16.0 Å². The summed E-state index contributed by atoms with van der Waals surface area (Å²) in [7, 11) is 3.38. The first-order valence-corrected chi connectivity index (χ1v) is 5.10. The zero-order valence-electron chi connectivity index (χ0n) is 9.15. The average Bonchev–Trinajstić information content (AvgIpc) is 2.65. The first kappa shape index (κ1) is 11.7. The fourth-order valence-corrected chi connectivity index (χ4v) is 1.40. The van der Waals surface area contributed by atoms with Crippen molar-refractivity contribution in [3.05, 3.63) is 39.6 Å². The summed E-state index contributed by atoms with van der Waals surface area (Å²) in [6, 6.07) is 4.02. The average molecular weight is 258 g/mol. The second-order valence-corrected chi connectivity index (χ2v) is 3.96. The van der Waals surface area contributed by atoms with Gasteiger partial charge in [0, 0.05) is 14.1 Å². The number of hydrogen-bond acceptors (Lipinski definition) is 4. The summed E-state index contributed by atoms with van der Waals surface area (Å²) in [6.45, 7) is 0. The summed E-state index contributed by atoms with van der Waals surface area (Å²) in [4.78, 5) is 13.1. The second kappa shape index (κ2) is 4.21. The number of rotatable bonds is 2. The van der Waals surface area contributed by atoms with Crippen LogP contribution in [0.1, 0.15) is 0 Å². The molecule has 0 bridgehead atoms. The Morgan fingerprint density at radius 3 is 2.71 bits per heavy atom. The summed E-state index contributed by atoms with van der Waals surface area (Å²) in [6.07, 6.45) is 0. The SMILES string of the molecule is CN(C)c1nn(-c2ccc(F)c(Cl)c2)c(=O)o1. The van der Waals surface area contributed by atoms with Crippen LogP contribution in [0.3, 0.4) is 0 Å². The van der Waals surface area contributed by atoms with Gasteiger partial charge in [-0.05, 0) is 18.2 Å². The van der Waals surface area contributed by atoms with Gasteiger partial charge in [0.15, 0.2) is 0 Å². The lowest BCUT2D eigenvalue weighted by Gasteiger charge is -2.03. The fourth-order valence-electron chi connectivity index (χ4n) is 1.23. The van der Waals surface area contributed by atoms with Crippen molar-refractivity contribution in [1.82, 2.24) is 9.78 Å². The molecule has 17 heavy (non-hydrogen) atoms. The van der Waals surface area contributed by atoms with Crippen LogP contribution in [-0.4, -0.2) is 23.9 Å². The van der Waals surface area contributed by atoms with Crippen LogP contribution in [-0.2, 0) is 0 Å². The lowest BCUT2D eigenvalue weighted by molar-refractivity contribution is 0.504. The molecule has 90 valence electrons. The van der Waals surface area contributed by atoms with Crippen molar-refractivity contribution < 1.29 is 8.81 Å². The molecule has 7 heteroatoms. The first-order chi connectivity index (χ1) is 7.99. The maximum Gasteiger partial charge on any atom is 0.443 e. The number of aromatic nitrogens is 2. The van der Waals surface area contributed by atoms with Crippen molar-refractivity contribution in [2.75, 3.05) is 19.0 Å². The highest BCUT2D eigenvalue weighted by Crippen LogP contribution is 2.18. The smallest absolute Gasteiger partial charge is 0.373 e. The molecule has 1 heterocycles. The Morgan fingerprint density at radius 2 is 2.18 bits per heavy atom. The van der Waals surface area contributed by atoms with Crippen LogP contribution in [0, 0.1) is 5.82 Å². The van der Waals surface area contributed by atoms with Crippen molar-refractivity contribution in [1.29, 1.82) is 0 Å². The predicted octanol–water partition coefficient (Wildman–Crippen LogP) is 1.68. The van der Waals surface area contributed by atoms with Crippen molar-refractivity contribution in [3.8, 4) is 5.69 Å². The number of halogens is 2. The zero-order chi connectivity index (χ0) is 12.6. The quantitative estimate of drug-likeness (QED) is 0.821. The van der Waals surface area contributed by atoms with E-state index in [0.29, 0.717) is 5.69 Å². The Morgan fingerprint density at radius 1 is 1.47 bits per heavy atom. The highest BCUT2D eigenvalue weighted by atomic mass is 35.5. The van der Waals surface area contributed by atoms with Gasteiger partial charge in [-0.1, -0.05) is 11.6 Å². The van der Waals surface area contributed by atoms with E-state index in [-0.39, 0.29) is 11.0 Å². The summed E-state index contributed by atoms with van der Waals surface area (Å²) in [5, 5.41) is 3.85. The molecular weight excluding hydrogens is 249 g/mol. The molecule has 1 aromatic carbocycles. The van der Waals surface area contributed by atoms with Gasteiger partial charge < -0.3 is 9.32 Å². The predicted molar refractivity (Wildman–Crippen MR) is 61.4 cm³/mol. The maximum absolute atomic E-state index is 13.0. The molecule has 0 unspecified atom stereocenters. The van der Waals surface area contributed by atoms with Gasteiger partial charge in [-0.15, -0.1) is 5.10 Å². The lowest BCUT2D eigenvalue weighted by Crippen LogP contribution is -2.13. The van der Waals surface area contributed by atoms with Crippen molar-refractivity contribution in [2.45, 2.75) is 0 Å². The van der Waals surface area contributed by atoms with Gasteiger partial charge in [0.25, 0.3) is 0 Å². The van der Waals surface area contributed by atoms with Gasteiger partial charge in [0.05, 0.1) is 10.7 Å². The van der Waals surface area contributed by atoms with Crippen LogP contribution < -0.4 is 10.7 Å². The molecule has 0 atom stereocenters. The van der Waals surface area contributed by atoms with E-state index in [0.717, 1.165) is 10.7 Å². The largest absolute Gasteiger partial charge is 0.443 e.